The van der Waals surface area contributed by atoms with E-state index in [4.69, 9.17) is 0 Å². The Morgan fingerprint density at radius 2 is 2.00 bits per heavy atom. The molecule has 14 heavy (non-hydrogen) atoms. The lowest BCUT2D eigenvalue weighted by Crippen LogP contribution is -2.38. The molecule has 1 fully saturated rings. The predicted octanol–water partition coefficient (Wildman–Crippen LogP) is 0.963. The van der Waals surface area contributed by atoms with Gasteiger partial charge in [-0.2, -0.15) is 0 Å². The molecule has 0 spiro atoms. The molecule has 0 radical (unpaired) electrons. The van der Waals surface area contributed by atoms with Gasteiger partial charge in [-0.3, -0.25) is 9.69 Å². The Hall–Kier alpha value is -1.35. The molecule has 0 aliphatic carbocycles. The van der Waals surface area contributed by atoms with Crippen molar-refractivity contribution in [2.45, 2.75) is 6.17 Å². The van der Waals surface area contributed by atoms with E-state index in [1.54, 1.807) is 0 Å². The zero-order chi connectivity index (χ0) is 9.97. The first-order valence-electron chi connectivity index (χ1n) is 4.80. The highest BCUT2D eigenvalue weighted by Crippen LogP contribution is 2.20. The number of nitrogens with zero attached hydrogens (tertiary/aromatic N) is 2. The molecule has 1 heterocycles. The normalized spacial score (nSPS) is 22.6. The third-order valence-corrected chi connectivity index (χ3v) is 2.67. The highest BCUT2D eigenvalue weighted by atomic mass is 16.1. The number of carbonyl (C=O) groups excluding carboxylic acids is 1. The third-order valence-electron chi connectivity index (χ3n) is 2.67. The maximum absolute atomic E-state index is 10.9. The van der Waals surface area contributed by atoms with Gasteiger partial charge in [0.25, 0.3) is 0 Å². The highest BCUT2D eigenvalue weighted by molar-refractivity contribution is 5.66. The first-order valence-corrected chi connectivity index (χ1v) is 4.80. The second-order valence-electron chi connectivity index (χ2n) is 3.56. The van der Waals surface area contributed by atoms with Crippen molar-refractivity contribution in [2.24, 2.45) is 0 Å². The zero-order valence-corrected chi connectivity index (χ0v) is 8.26. The quantitative estimate of drug-likeness (QED) is 0.649. The van der Waals surface area contributed by atoms with Crippen LogP contribution in [0.1, 0.15) is 0 Å². The molecule has 1 aromatic carbocycles. The minimum absolute atomic E-state index is 0.0996. The molecule has 1 aliphatic heterocycles. The van der Waals surface area contributed by atoms with Crippen molar-refractivity contribution in [1.29, 1.82) is 0 Å². The largest absolute Gasteiger partial charge is 0.348 e. The van der Waals surface area contributed by atoms with Crippen LogP contribution in [0.5, 0.6) is 0 Å². The molecule has 1 aromatic rings. The molecular weight excluding hydrogens is 176 g/mol. The van der Waals surface area contributed by atoms with Crippen molar-refractivity contribution < 1.29 is 4.79 Å². The fourth-order valence-electron chi connectivity index (χ4n) is 1.85. The van der Waals surface area contributed by atoms with Crippen LogP contribution in [0, 0.1) is 0 Å². The maximum Gasteiger partial charge on any atom is 0.157 e. The highest BCUT2D eigenvalue weighted by Gasteiger charge is 2.28. The summed E-state index contributed by atoms with van der Waals surface area (Å²) in [6, 6.07) is 10.1. The van der Waals surface area contributed by atoms with E-state index in [0.717, 1.165) is 25.1 Å². The van der Waals surface area contributed by atoms with Gasteiger partial charge in [0.05, 0.1) is 0 Å². The third kappa shape index (κ3) is 1.51. The van der Waals surface area contributed by atoms with Crippen LogP contribution >= 0.6 is 0 Å². The van der Waals surface area contributed by atoms with Gasteiger partial charge in [0.15, 0.2) is 6.29 Å². The van der Waals surface area contributed by atoms with Crippen LogP contribution in [0.3, 0.4) is 0 Å². The number of likely N-dealkylation sites (N-methyl/N-ethyl adjacent to an activating group) is 1. The van der Waals surface area contributed by atoms with E-state index in [0.29, 0.717) is 0 Å². The number of benzene rings is 1. The summed E-state index contributed by atoms with van der Waals surface area (Å²) < 4.78 is 0. The van der Waals surface area contributed by atoms with Crippen LogP contribution in [0.2, 0.25) is 0 Å². The van der Waals surface area contributed by atoms with Gasteiger partial charge in [0, 0.05) is 18.8 Å². The van der Waals surface area contributed by atoms with Crippen molar-refractivity contribution in [3.63, 3.8) is 0 Å². The molecule has 1 saturated heterocycles. The minimum atomic E-state index is -0.0996. The summed E-state index contributed by atoms with van der Waals surface area (Å²) in [7, 11) is 1.97. The van der Waals surface area contributed by atoms with E-state index in [2.05, 4.69) is 9.80 Å². The summed E-state index contributed by atoms with van der Waals surface area (Å²) in [5.74, 6) is 0. The molecule has 0 amide bonds. The zero-order valence-electron chi connectivity index (χ0n) is 8.26. The van der Waals surface area contributed by atoms with Gasteiger partial charge >= 0.3 is 0 Å². The molecule has 2 rings (SSSR count). The van der Waals surface area contributed by atoms with Gasteiger partial charge < -0.3 is 4.90 Å². The first-order chi connectivity index (χ1) is 6.83. The molecule has 0 N–H and O–H groups in total. The Bertz CT molecular complexity index is 312. The lowest BCUT2D eigenvalue weighted by atomic mass is 10.3. The van der Waals surface area contributed by atoms with Crippen molar-refractivity contribution in [3.05, 3.63) is 30.3 Å². The lowest BCUT2D eigenvalue weighted by molar-refractivity contribution is -0.111. The molecule has 74 valence electrons. The predicted molar refractivity (Wildman–Crippen MR) is 56.3 cm³/mol. The van der Waals surface area contributed by atoms with Crippen LogP contribution < -0.4 is 4.90 Å². The molecule has 1 unspecified atom stereocenters. The Morgan fingerprint density at radius 3 is 2.64 bits per heavy atom. The summed E-state index contributed by atoms with van der Waals surface area (Å²) in [4.78, 5) is 15.1. The second kappa shape index (κ2) is 3.80. The second-order valence-corrected chi connectivity index (χ2v) is 3.56. The molecule has 1 atom stereocenters. The number of para-hydroxylation sites is 1. The average Bonchev–Trinajstić information content (AvgIpc) is 2.61. The van der Waals surface area contributed by atoms with Gasteiger partial charge in [-0.25, -0.2) is 0 Å². The van der Waals surface area contributed by atoms with E-state index >= 15 is 0 Å². The summed E-state index contributed by atoms with van der Waals surface area (Å²) >= 11 is 0. The number of aldehydes is 1. The fraction of sp³-hybridized carbons (Fsp3) is 0.364. The monoisotopic (exact) mass is 190 g/mol. The number of hydrogen-bond acceptors (Lipinski definition) is 3. The number of carbonyl (C=O) groups is 1. The number of anilines is 1. The van der Waals surface area contributed by atoms with Crippen molar-refractivity contribution >= 4 is 12.0 Å². The summed E-state index contributed by atoms with van der Waals surface area (Å²) in [6.07, 6.45) is 0.900. The molecular formula is C11H14N2O. The Kier molecular flexibility index (Phi) is 2.50. The topological polar surface area (TPSA) is 23.6 Å². The summed E-state index contributed by atoms with van der Waals surface area (Å²) in [5, 5.41) is 0. The summed E-state index contributed by atoms with van der Waals surface area (Å²) in [6.45, 7) is 1.86. The van der Waals surface area contributed by atoms with Gasteiger partial charge in [0.2, 0.25) is 0 Å². The smallest absolute Gasteiger partial charge is 0.157 e. The van der Waals surface area contributed by atoms with Gasteiger partial charge in [-0.15, -0.1) is 0 Å². The van der Waals surface area contributed by atoms with E-state index in [-0.39, 0.29) is 6.17 Å². The van der Waals surface area contributed by atoms with Crippen molar-refractivity contribution in [3.8, 4) is 0 Å². The Balaban J connectivity index is 2.23. The lowest BCUT2D eigenvalue weighted by Gasteiger charge is -2.24. The van der Waals surface area contributed by atoms with Crippen LogP contribution in [-0.2, 0) is 4.79 Å². The van der Waals surface area contributed by atoms with E-state index in [1.165, 1.54) is 0 Å². The molecule has 3 nitrogen and oxygen atoms in total. The standard InChI is InChI=1S/C11H14N2O/c1-12-7-8-13(11(12)9-14)10-5-3-2-4-6-10/h2-6,9,11H,7-8H2,1H3. The molecule has 0 saturated carbocycles. The Morgan fingerprint density at radius 1 is 1.29 bits per heavy atom. The summed E-state index contributed by atoms with van der Waals surface area (Å²) in [5.41, 5.74) is 1.12. The number of hydrogen-bond donors (Lipinski definition) is 0. The SMILES string of the molecule is CN1CCN(c2ccccc2)C1C=O. The maximum atomic E-state index is 10.9. The molecule has 0 aromatic heterocycles. The van der Waals surface area contributed by atoms with Crippen molar-refractivity contribution in [2.75, 3.05) is 25.0 Å². The molecule has 1 aliphatic rings. The fourth-order valence-corrected chi connectivity index (χ4v) is 1.85. The van der Waals surface area contributed by atoms with Gasteiger partial charge in [0.1, 0.15) is 6.17 Å². The molecule has 0 bridgehead atoms. The van der Waals surface area contributed by atoms with Crippen LogP contribution in [0.15, 0.2) is 30.3 Å². The number of rotatable bonds is 2. The van der Waals surface area contributed by atoms with Crippen molar-refractivity contribution in [1.82, 2.24) is 4.90 Å². The van der Waals surface area contributed by atoms with Crippen LogP contribution in [0.25, 0.3) is 0 Å². The van der Waals surface area contributed by atoms with E-state index in [1.807, 2.05) is 37.4 Å². The van der Waals surface area contributed by atoms with Gasteiger partial charge in [-0.05, 0) is 19.2 Å². The van der Waals surface area contributed by atoms with Gasteiger partial charge in [-0.1, -0.05) is 18.2 Å². The first kappa shape index (κ1) is 9.21. The van der Waals surface area contributed by atoms with E-state index < -0.39 is 0 Å². The molecule has 3 heteroatoms. The van der Waals surface area contributed by atoms with Crippen LogP contribution in [0.4, 0.5) is 5.69 Å². The van der Waals surface area contributed by atoms with Crippen LogP contribution in [-0.4, -0.2) is 37.5 Å². The Labute approximate surface area is 83.9 Å². The van der Waals surface area contributed by atoms with E-state index in [9.17, 15) is 4.79 Å². The average molecular weight is 190 g/mol. The minimum Gasteiger partial charge on any atom is -0.348 e.